The third-order valence-electron chi connectivity index (χ3n) is 6.28. The van der Waals surface area contributed by atoms with Gasteiger partial charge in [0.1, 0.15) is 4.90 Å². The number of hydrogen-bond acceptors (Lipinski definition) is 9. The van der Waals surface area contributed by atoms with E-state index in [1.807, 2.05) is 12.1 Å². The lowest BCUT2D eigenvalue weighted by Gasteiger charge is -2.34. The molecule has 10 nitrogen and oxygen atoms in total. The SMILES string of the molecule is CN1CCN(c2ccc(Nc3ncc4ccn(S(=O)(=O)c5cccc6c5OCO6)c4n3)cc2)CC1. The molecular weight excluding hydrogens is 468 g/mol. The summed E-state index contributed by atoms with van der Waals surface area (Å²) in [6.07, 6.45) is 3.07. The van der Waals surface area contributed by atoms with E-state index in [-0.39, 0.29) is 23.1 Å². The lowest BCUT2D eigenvalue weighted by atomic mass is 10.2. The predicted molar refractivity (Wildman–Crippen MR) is 132 cm³/mol. The summed E-state index contributed by atoms with van der Waals surface area (Å²) >= 11 is 0. The van der Waals surface area contributed by atoms with Gasteiger partial charge in [-0.05, 0) is 49.5 Å². The zero-order chi connectivity index (χ0) is 24.0. The van der Waals surface area contributed by atoms with Crippen molar-refractivity contribution in [3.05, 3.63) is 60.9 Å². The molecule has 2 aromatic heterocycles. The first-order valence-corrected chi connectivity index (χ1v) is 12.7. The Labute approximate surface area is 202 Å². The fraction of sp³-hybridized carbons (Fsp3) is 0.250. The van der Waals surface area contributed by atoms with Gasteiger partial charge in [-0.25, -0.2) is 17.4 Å². The molecule has 4 heterocycles. The Morgan fingerprint density at radius 3 is 2.57 bits per heavy atom. The number of nitrogens with zero attached hydrogens (tertiary/aromatic N) is 5. The number of hydrogen-bond donors (Lipinski definition) is 1. The second kappa shape index (κ2) is 8.43. The number of likely N-dealkylation sites (N-methyl/N-ethyl adjacent to an activating group) is 1. The number of benzene rings is 2. The third-order valence-corrected chi connectivity index (χ3v) is 7.97. The Balaban J connectivity index is 1.28. The van der Waals surface area contributed by atoms with Gasteiger partial charge in [0.15, 0.2) is 17.1 Å². The van der Waals surface area contributed by atoms with Crippen LogP contribution in [0.3, 0.4) is 0 Å². The summed E-state index contributed by atoms with van der Waals surface area (Å²) in [5.74, 6) is 0.916. The summed E-state index contributed by atoms with van der Waals surface area (Å²) in [5, 5.41) is 3.79. The molecule has 0 atom stereocenters. The van der Waals surface area contributed by atoms with E-state index in [2.05, 4.69) is 44.3 Å². The van der Waals surface area contributed by atoms with Gasteiger partial charge in [0.05, 0.1) is 0 Å². The van der Waals surface area contributed by atoms with Gasteiger partial charge in [-0.1, -0.05) is 6.07 Å². The maximum Gasteiger partial charge on any atom is 0.273 e. The Hall–Kier alpha value is -3.83. The molecule has 2 aliphatic heterocycles. The molecule has 1 N–H and O–H groups in total. The summed E-state index contributed by atoms with van der Waals surface area (Å²) in [5.41, 5.74) is 2.25. The molecule has 0 unspecified atom stereocenters. The van der Waals surface area contributed by atoms with Crippen LogP contribution in [0.15, 0.2) is 65.8 Å². The van der Waals surface area contributed by atoms with Crippen molar-refractivity contribution in [2.75, 3.05) is 50.2 Å². The van der Waals surface area contributed by atoms with Crippen molar-refractivity contribution in [1.29, 1.82) is 0 Å². The highest BCUT2D eigenvalue weighted by molar-refractivity contribution is 7.90. The van der Waals surface area contributed by atoms with Gasteiger partial charge in [-0.15, -0.1) is 0 Å². The molecule has 0 radical (unpaired) electrons. The van der Waals surface area contributed by atoms with Crippen molar-refractivity contribution < 1.29 is 17.9 Å². The monoisotopic (exact) mass is 492 g/mol. The lowest BCUT2D eigenvalue weighted by Crippen LogP contribution is -2.44. The van der Waals surface area contributed by atoms with Crippen molar-refractivity contribution in [1.82, 2.24) is 18.8 Å². The van der Waals surface area contributed by atoms with Crippen LogP contribution in [0.25, 0.3) is 11.0 Å². The second-order valence-electron chi connectivity index (χ2n) is 8.54. The molecule has 0 bridgehead atoms. The van der Waals surface area contributed by atoms with Gasteiger partial charge >= 0.3 is 0 Å². The van der Waals surface area contributed by atoms with E-state index in [1.54, 1.807) is 24.4 Å². The van der Waals surface area contributed by atoms with Gasteiger partial charge < -0.3 is 24.6 Å². The number of ether oxygens (including phenoxy) is 2. The predicted octanol–water partition coefficient (Wildman–Crippen LogP) is 2.89. The summed E-state index contributed by atoms with van der Waals surface area (Å²) in [7, 11) is -1.84. The minimum atomic E-state index is -3.97. The zero-order valence-corrected chi connectivity index (χ0v) is 19.9. The number of anilines is 3. The van der Waals surface area contributed by atoms with Crippen LogP contribution in [0.2, 0.25) is 0 Å². The summed E-state index contributed by atoms with van der Waals surface area (Å²) in [6, 6.07) is 14.5. The van der Waals surface area contributed by atoms with Crippen molar-refractivity contribution >= 4 is 38.4 Å². The molecule has 0 spiro atoms. The Bertz CT molecular complexity index is 1490. The maximum atomic E-state index is 13.5. The lowest BCUT2D eigenvalue weighted by molar-refractivity contribution is 0.172. The van der Waals surface area contributed by atoms with Gasteiger partial charge in [-0.2, -0.15) is 4.98 Å². The fourth-order valence-electron chi connectivity index (χ4n) is 4.31. The Morgan fingerprint density at radius 1 is 0.971 bits per heavy atom. The molecular formula is C24H24N6O4S. The zero-order valence-electron chi connectivity index (χ0n) is 19.1. The van der Waals surface area contributed by atoms with E-state index in [9.17, 15) is 8.42 Å². The van der Waals surface area contributed by atoms with Crippen LogP contribution in [0.1, 0.15) is 0 Å². The minimum Gasteiger partial charge on any atom is -0.454 e. The van der Waals surface area contributed by atoms with Crippen LogP contribution in [0.5, 0.6) is 11.5 Å². The molecule has 180 valence electrons. The number of rotatable bonds is 5. The van der Waals surface area contributed by atoms with E-state index in [4.69, 9.17) is 9.47 Å². The molecule has 11 heteroatoms. The highest BCUT2D eigenvalue weighted by atomic mass is 32.2. The van der Waals surface area contributed by atoms with E-state index in [1.165, 1.54) is 18.0 Å². The highest BCUT2D eigenvalue weighted by Crippen LogP contribution is 2.39. The molecule has 2 aliphatic rings. The van der Waals surface area contributed by atoms with Crippen molar-refractivity contribution in [3.8, 4) is 11.5 Å². The first-order valence-electron chi connectivity index (χ1n) is 11.3. The van der Waals surface area contributed by atoms with Crippen molar-refractivity contribution in [3.63, 3.8) is 0 Å². The molecule has 0 amide bonds. The minimum absolute atomic E-state index is 0.0157. The number of piperazine rings is 1. The highest BCUT2D eigenvalue weighted by Gasteiger charge is 2.29. The van der Waals surface area contributed by atoms with Crippen LogP contribution in [0, 0.1) is 0 Å². The molecule has 6 rings (SSSR count). The topological polar surface area (TPSA) is 102 Å². The molecule has 0 aliphatic carbocycles. The van der Waals surface area contributed by atoms with Crippen LogP contribution in [0.4, 0.5) is 17.3 Å². The van der Waals surface area contributed by atoms with Crippen LogP contribution < -0.4 is 19.7 Å². The van der Waals surface area contributed by atoms with Gasteiger partial charge in [0.25, 0.3) is 10.0 Å². The smallest absolute Gasteiger partial charge is 0.273 e. The van der Waals surface area contributed by atoms with E-state index in [0.717, 1.165) is 35.8 Å². The fourth-order valence-corrected chi connectivity index (χ4v) is 5.76. The maximum absolute atomic E-state index is 13.5. The Kier molecular flexibility index (Phi) is 5.23. The molecule has 1 saturated heterocycles. The van der Waals surface area contributed by atoms with Crippen LogP contribution in [-0.4, -0.2) is 67.3 Å². The molecule has 4 aromatic rings. The molecule has 2 aromatic carbocycles. The largest absolute Gasteiger partial charge is 0.454 e. The third kappa shape index (κ3) is 3.92. The van der Waals surface area contributed by atoms with Crippen molar-refractivity contribution in [2.45, 2.75) is 4.90 Å². The van der Waals surface area contributed by atoms with Gasteiger partial charge in [-0.3, -0.25) is 0 Å². The summed E-state index contributed by atoms with van der Waals surface area (Å²) < 4.78 is 38.9. The first kappa shape index (κ1) is 21.7. The molecule has 35 heavy (non-hydrogen) atoms. The van der Waals surface area contributed by atoms with Crippen LogP contribution >= 0.6 is 0 Å². The Morgan fingerprint density at radius 2 is 1.77 bits per heavy atom. The summed E-state index contributed by atoms with van der Waals surface area (Å²) in [4.78, 5) is 13.6. The van der Waals surface area contributed by atoms with Gasteiger partial charge in [0, 0.05) is 55.3 Å². The average Bonchev–Trinajstić information content (AvgIpc) is 3.52. The second-order valence-corrected chi connectivity index (χ2v) is 10.3. The molecule has 1 fully saturated rings. The van der Waals surface area contributed by atoms with E-state index < -0.39 is 10.0 Å². The van der Waals surface area contributed by atoms with Crippen molar-refractivity contribution in [2.24, 2.45) is 0 Å². The number of aromatic nitrogens is 3. The normalized spacial score (nSPS) is 16.1. The summed E-state index contributed by atoms with van der Waals surface area (Å²) in [6.45, 7) is 4.06. The first-order chi connectivity index (χ1) is 17.0. The van der Waals surface area contributed by atoms with E-state index in [0.29, 0.717) is 17.1 Å². The quantitative estimate of drug-likeness (QED) is 0.451. The number of nitrogens with one attached hydrogen (secondary N) is 1. The number of fused-ring (bicyclic) bond motifs is 2. The van der Waals surface area contributed by atoms with E-state index >= 15 is 0 Å². The number of para-hydroxylation sites is 1. The average molecular weight is 493 g/mol. The van der Waals surface area contributed by atoms with Crippen LogP contribution in [-0.2, 0) is 10.0 Å². The molecule has 0 saturated carbocycles. The van der Waals surface area contributed by atoms with Gasteiger partial charge in [0.2, 0.25) is 12.7 Å². The standard InChI is InChI=1S/C24H24N6O4S/c1-28-11-13-29(14-12-28)19-7-5-18(6-8-19)26-24-25-15-17-9-10-30(23(17)27-24)35(31,32)21-4-2-3-20-22(21)34-16-33-20/h2-10,15H,11-14,16H2,1H3,(H,25,26,27).